The summed E-state index contributed by atoms with van der Waals surface area (Å²) < 4.78 is 0. The fraction of sp³-hybridized carbons (Fsp3) is 1.00. The third-order valence-corrected chi connectivity index (χ3v) is 3.81. The Kier molecular flexibility index (Phi) is 3.78. The van der Waals surface area contributed by atoms with Gasteiger partial charge in [0.2, 0.25) is 0 Å². The van der Waals surface area contributed by atoms with E-state index in [9.17, 15) is 0 Å². The molecule has 0 aromatic heterocycles. The summed E-state index contributed by atoms with van der Waals surface area (Å²) in [6.45, 7) is 12.0. The lowest BCUT2D eigenvalue weighted by Gasteiger charge is -2.28. The Hall–Kier alpha value is -0.0400. The third-order valence-electron chi connectivity index (χ3n) is 3.81. The fourth-order valence-electron chi connectivity index (χ4n) is 2.23. The first-order valence-corrected chi connectivity index (χ1v) is 5.81. The summed E-state index contributed by atoms with van der Waals surface area (Å²) in [6, 6.07) is 0.735. The van der Waals surface area contributed by atoms with Crippen molar-refractivity contribution in [2.24, 2.45) is 5.41 Å². The highest BCUT2D eigenvalue weighted by atomic mass is 15.1. The van der Waals surface area contributed by atoms with E-state index in [1.165, 1.54) is 38.8 Å². The van der Waals surface area contributed by atoms with E-state index < -0.39 is 0 Å². The van der Waals surface area contributed by atoms with Crippen LogP contribution in [-0.2, 0) is 0 Å². The highest BCUT2D eigenvalue weighted by Gasteiger charge is 2.26. The highest BCUT2D eigenvalue weighted by molar-refractivity contribution is 4.79. The molecule has 0 aromatic carbocycles. The van der Waals surface area contributed by atoms with Gasteiger partial charge in [-0.25, -0.2) is 0 Å². The van der Waals surface area contributed by atoms with Gasteiger partial charge < -0.3 is 4.90 Å². The van der Waals surface area contributed by atoms with Crippen LogP contribution >= 0.6 is 0 Å². The zero-order valence-electron chi connectivity index (χ0n) is 9.77. The first-order valence-electron chi connectivity index (χ1n) is 5.81. The van der Waals surface area contributed by atoms with Crippen molar-refractivity contribution < 1.29 is 0 Å². The van der Waals surface area contributed by atoms with E-state index >= 15 is 0 Å². The van der Waals surface area contributed by atoms with Gasteiger partial charge in [0.15, 0.2) is 0 Å². The maximum absolute atomic E-state index is 2.63. The zero-order chi connectivity index (χ0) is 9.90. The van der Waals surface area contributed by atoms with Crippen molar-refractivity contribution in [2.45, 2.75) is 59.4 Å². The topological polar surface area (TPSA) is 3.24 Å². The smallest absolute Gasteiger partial charge is 0.00385 e. The predicted molar refractivity (Wildman–Crippen MR) is 59.0 cm³/mol. The van der Waals surface area contributed by atoms with Crippen LogP contribution in [0.15, 0.2) is 0 Å². The van der Waals surface area contributed by atoms with Crippen molar-refractivity contribution in [1.29, 1.82) is 0 Å². The molecule has 1 rings (SSSR count). The van der Waals surface area contributed by atoms with Crippen molar-refractivity contribution >= 4 is 0 Å². The average molecular weight is 183 g/mol. The molecule has 1 fully saturated rings. The summed E-state index contributed by atoms with van der Waals surface area (Å²) in [5.74, 6) is 0. The maximum Gasteiger partial charge on any atom is 0.00385 e. The van der Waals surface area contributed by atoms with Gasteiger partial charge in [-0.1, -0.05) is 20.3 Å². The van der Waals surface area contributed by atoms with Crippen molar-refractivity contribution in [3.63, 3.8) is 0 Å². The molecule has 1 atom stereocenters. The van der Waals surface area contributed by atoms with Gasteiger partial charge in [0, 0.05) is 6.04 Å². The van der Waals surface area contributed by atoms with E-state index in [-0.39, 0.29) is 0 Å². The molecule has 1 saturated heterocycles. The van der Waals surface area contributed by atoms with Gasteiger partial charge in [-0.2, -0.15) is 0 Å². The molecule has 1 aliphatic rings. The Morgan fingerprint density at radius 2 is 1.92 bits per heavy atom. The van der Waals surface area contributed by atoms with E-state index in [0.717, 1.165) is 6.04 Å². The van der Waals surface area contributed by atoms with Crippen LogP contribution in [0.3, 0.4) is 0 Å². The molecule has 0 aromatic rings. The molecule has 0 spiro atoms. The van der Waals surface area contributed by atoms with Crippen LogP contribution in [0.5, 0.6) is 0 Å². The van der Waals surface area contributed by atoms with Crippen molar-refractivity contribution in [3.05, 3.63) is 0 Å². The highest BCUT2D eigenvalue weighted by Crippen LogP contribution is 2.34. The van der Waals surface area contributed by atoms with E-state index in [0.29, 0.717) is 5.41 Å². The lowest BCUT2D eigenvalue weighted by molar-refractivity contribution is 0.210. The van der Waals surface area contributed by atoms with E-state index in [2.05, 4.69) is 32.6 Å². The van der Waals surface area contributed by atoms with Gasteiger partial charge in [-0.3, -0.25) is 0 Å². The second-order valence-electron chi connectivity index (χ2n) is 5.15. The Morgan fingerprint density at radius 1 is 1.23 bits per heavy atom. The molecule has 0 bridgehead atoms. The van der Waals surface area contributed by atoms with Gasteiger partial charge in [0.05, 0.1) is 0 Å². The van der Waals surface area contributed by atoms with Crippen LogP contribution in [0.2, 0.25) is 0 Å². The van der Waals surface area contributed by atoms with Crippen LogP contribution in [0, 0.1) is 5.41 Å². The zero-order valence-corrected chi connectivity index (χ0v) is 9.77. The molecule has 1 nitrogen and oxygen atoms in total. The molecule has 0 amide bonds. The molecular weight excluding hydrogens is 158 g/mol. The molecule has 0 N–H and O–H groups in total. The van der Waals surface area contributed by atoms with Gasteiger partial charge >= 0.3 is 0 Å². The van der Waals surface area contributed by atoms with Crippen molar-refractivity contribution in [3.8, 4) is 0 Å². The second-order valence-corrected chi connectivity index (χ2v) is 5.15. The number of nitrogens with zero attached hydrogens (tertiary/aromatic N) is 1. The Morgan fingerprint density at radius 3 is 2.46 bits per heavy atom. The van der Waals surface area contributed by atoms with Crippen LogP contribution in [0.25, 0.3) is 0 Å². The van der Waals surface area contributed by atoms with E-state index in [1.54, 1.807) is 0 Å². The number of hydrogen-bond acceptors (Lipinski definition) is 1. The standard InChI is InChI=1S/C12H25N/c1-5-12(4)7-6-9-13(10-8-12)11(2)3/h11H,5-10H2,1-4H3. The summed E-state index contributed by atoms with van der Waals surface area (Å²) in [4.78, 5) is 2.63. The lowest BCUT2D eigenvalue weighted by atomic mass is 9.80. The summed E-state index contributed by atoms with van der Waals surface area (Å²) in [7, 11) is 0. The van der Waals surface area contributed by atoms with Crippen LogP contribution in [0.1, 0.15) is 53.4 Å². The van der Waals surface area contributed by atoms with Gasteiger partial charge in [0.1, 0.15) is 0 Å². The van der Waals surface area contributed by atoms with Crippen LogP contribution < -0.4 is 0 Å². The van der Waals surface area contributed by atoms with Crippen molar-refractivity contribution in [1.82, 2.24) is 4.90 Å². The molecule has 1 heteroatoms. The fourth-order valence-corrected chi connectivity index (χ4v) is 2.23. The van der Waals surface area contributed by atoms with Gasteiger partial charge in [0.25, 0.3) is 0 Å². The summed E-state index contributed by atoms with van der Waals surface area (Å²) >= 11 is 0. The average Bonchev–Trinajstić information content (AvgIpc) is 2.28. The number of rotatable bonds is 2. The molecular formula is C12H25N. The maximum atomic E-state index is 2.63. The quantitative estimate of drug-likeness (QED) is 0.635. The normalized spacial score (nSPS) is 32.1. The summed E-state index contributed by atoms with van der Waals surface area (Å²) in [6.07, 6.45) is 5.55. The largest absolute Gasteiger partial charge is 0.301 e. The minimum atomic E-state index is 0.629. The third kappa shape index (κ3) is 2.98. The molecule has 0 saturated carbocycles. The minimum Gasteiger partial charge on any atom is -0.301 e. The number of hydrogen-bond donors (Lipinski definition) is 0. The first-order chi connectivity index (χ1) is 6.07. The lowest BCUT2D eigenvalue weighted by Crippen LogP contribution is -2.32. The Balaban J connectivity index is 2.48. The van der Waals surface area contributed by atoms with E-state index in [1.807, 2.05) is 0 Å². The SMILES string of the molecule is CCC1(C)CCCN(C(C)C)CC1. The van der Waals surface area contributed by atoms with Crippen LogP contribution in [-0.4, -0.2) is 24.0 Å². The molecule has 1 heterocycles. The van der Waals surface area contributed by atoms with E-state index in [4.69, 9.17) is 0 Å². The summed E-state index contributed by atoms with van der Waals surface area (Å²) in [5.41, 5.74) is 0.629. The Labute approximate surface area is 83.5 Å². The predicted octanol–water partition coefficient (Wildman–Crippen LogP) is 3.30. The first kappa shape index (κ1) is 11.0. The van der Waals surface area contributed by atoms with Gasteiger partial charge in [-0.15, -0.1) is 0 Å². The monoisotopic (exact) mass is 183 g/mol. The molecule has 13 heavy (non-hydrogen) atoms. The minimum absolute atomic E-state index is 0.629. The molecule has 1 aliphatic heterocycles. The molecule has 0 aliphatic carbocycles. The van der Waals surface area contributed by atoms with Crippen molar-refractivity contribution in [2.75, 3.05) is 13.1 Å². The van der Waals surface area contributed by atoms with Crippen LogP contribution in [0.4, 0.5) is 0 Å². The molecule has 78 valence electrons. The molecule has 0 radical (unpaired) electrons. The van der Waals surface area contributed by atoms with Gasteiger partial charge in [-0.05, 0) is 51.6 Å². The second kappa shape index (κ2) is 4.45. The Bertz CT molecular complexity index is 153. The number of likely N-dealkylation sites (tertiary alicyclic amines) is 1. The summed E-state index contributed by atoms with van der Waals surface area (Å²) in [5, 5.41) is 0. The molecule has 1 unspecified atom stereocenters.